The third-order valence-corrected chi connectivity index (χ3v) is 5.06. The monoisotopic (exact) mass is 415 g/mol. The molecule has 0 spiro atoms. The molecule has 0 bridgehead atoms. The Bertz CT molecular complexity index is 960. The van der Waals surface area contributed by atoms with Crippen molar-refractivity contribution in [2.75, 3.05) is 11.9 Å². The third kappa shape index (κ3) is 5.00. The summed E-state index contributed by atoms with van der Waals surface area (Å²) in [6.45, 7) is 1.49. The number of para-hydroxylation sites is 1. The maximum Gasteiger partial charge on any atom is 0.249 e. The van der Waals surface area contributed by atoms with Crippen LogP contribution >= 0.6 is 0 Å². The van der Waals surface area contributed by atoms with E-state index in [0.29, 0.717) is 12.8 Å². The highest BCUT2D eigenvalue weighted by atomic mass is 19.1. The summed E-state index contributed by atoms with van der Waals surface area (Å²) in [5.41, 5.74) is 1.99. The Labute approximate surface area is 173 Å². The van der Waals surface area contributed by atoms with Gasteiger partial charge in [-0.3, -0.25) is 14.4 Å². The number of fused-ring (bicyclic) bond motifs is 1. The zero-order valence-electron chi connectivity index (χ0n) is 16.7. The Hall–Kier alpha value is -3.29. The van der Waals surface area contributed by atoms with Crippen LogP contribution in [0.15, 0.2) is 42.5 Å². The number of benzene rings is 2. The Morgan fingerprint density at radius 3 is 2.53 bits per heavy atom. The Morgan fingerprint density at radius 2 is 1.83 bits per heavy atom. The largest absolute Gasteiger partial charge is 0.344 e. The summed E-state index contributed by atoms with van der Waals surface area (Å²) in [5.74, 6) is -2.85. The summed E-state index contributed by atoms with van der Waals surface area (Å²) in [6.07, 6.45) is 0.797. The fraction of sp³-hybridized carbons (Fsp3) is 0.318. The van der Waals surface area contributed by atoms with Crippen LogP contribution in [0, 0.1) is 11.6 Å². The maximum absolute atomic E-state index is 13.3. The molecule has 0 radical (unpaired) electrons. The molecule has 3 rings (SSSR count). The van der Waals surface area contributed by atoms with Crippen molar-refractivity contribution in [1.82, 2.24) is 10.6 Å². The van der Waals surface area contributed by atoms with Crippen LogP contribution in [0.2, 0.25) is 0 Å². The number of nitrogens with zero attached hydrogens (tertiary/aromatic N) is 1. The van der Waals surface area contributed by atoms with Crippen molar-refractivity contribution in [3.8, 4) is 0 Å². The van der Waals surface area contributed by atoms with Crippen molar-refractivity contribution >= 4 is 23.4 Å². The molecule has 2 aromatic carbocycles. The van der Waals surface area contributed by atoms with Gasteiger partial charge in [-0.05, 0) is 49.1 Å². The van der Waals surface area contributed by atoms with Crippen LogP contribution in [0.3, 0.4) is 0 Å². The molecule has 1 aliphatic heterocycles. The highest BCUT2D eigenvalue weighted by Gasteiger charge is 2.30. The van der Waals surface area contributed by atoms with Crippen molar-refractivity contribution in [2.24, 2.45) is 0 Å². The molecular formula is C22H23F2N3O3. The molecule has 1 aliphatic rings. The first-order valence-electron chi connectivity index (χ1n) is 9.65. The highest BCUT2D eigenvalue weighted by molar-refractivity contribution is 6.00. The number of anilines is 1. The van der Waals surface area contributed by atoms with Gasteiger partial charge in [0.05, 0.1) is 6.42 Å². The van der Waals surface area contributed by atoms with Gasteiger partial charge >= 0.3 is 0 Å². The molecule has 1 heterocycles. The normalized spacial score (nSPS) is 17.0. The number of hydrogen-bond acceptors (Lipinski definition) is 3. The van der Waals surface area contributed by atoms with Gasteiger partial charge in [0.15, 0.2) is 0 Å². The number of carbonyl (C=O) groups is 3. The summed E-state index contributed by atoms with van der Waals surface area (Å²) in [7, 11) is 1.66. The fourth-order valence-electron chi connectivity index (χ4n) is 3.51. The molecule has 6 nitrogen and oxygen atoms in total. The van der Waals surface area contributed by atoms with E-state index in [0.717, 1.165) is 29.4 Å². The molecule has 1 unspecified atom stereocenters. The Morgan fingerprint density at radius 1 is 1.17 bits per heavy atom. The van der Waals surface area contributed by atoms with Gasteiger partial charge in [0, 0.05) is 18.8 Å². The number of likely N-dealkylation sites (N-methyl/N-ethyl adjacent to an activating group) is 1. The molecule has 2 N–H and O–H groups in total. The first kappa shape index (κ1) is 21.4. The number of carbonyl (C=O) groups excluding carboxylic acids is 3. The van der Waals surface area contributed by atoms with Gasteiger partial charge in [0.1, 0.15) is 23.7 Å². The zero-order valence-corrected chi connectivity index (χ0v) is 16.7. The van der Waals surface area contributed by atoms with E-state index >= 15 is 0 Å². The van der Waals surface area contributed by atoms with Crippen LogP contribution in [0.1, 0.15) is 24.5 Å². The third-order valence-electron chi connectivity index (χ3n) is 5.06. The Kier molecular flexibility index (Phi) is 6.44. The molecule has 0 aliphatic carbocycles. The van der Waals surface area contributed by atoms with E-state index in [1.165, 1.54) is 11.8 Å². The van der Waals surface area contributed by atoms with Crippen molar-refractivity contribution in [3.63, 3.8) is 0 Å². The number of nitrogens with one attached hydrogen (secondary N) is 2. The number of aryl methyl sites for hydroxylation is 1. The first-order valence-corrected chi connectivity index (χ1v) is 9.65. The Balaban J connectivity index is 1.58. The summed E-state index contributed by atoms with van der Waals surface area (Å²) < 4.78 is 26.5. The van der Waals surface area contributed by atoms with Gasteiger partial charge < -0.3 is 15.5 Å². The predicted molar refractivity (Wildman–Crippen MR) is 108 cm³/mol. The molecule has 3 amide bonds. The molecule has 0 saturated carbocycles. The predicted octanol–water partition coefficient (Wildman–Crippen LogP) is 2.11. The van der Waals surface area contributed by atoms with Gasteiger partial charge in [0.2, 0.25) is 17.7 Å². The van der Waals surface area contributed by atoms with E-state index in [9.17, 15) is 23.2 Å². The lowest BCUT2D eigenvalue weighted by atomic mass is 10.1. The summed E-state index contributed by atoms with van der Waals surface area (Å²) >= 11 is 0. The van der Waals surface area contributed by atoms with Crippen molar-refractivity contribution < 1.29 is 23.2 Å². The summed E-state index contributed by atoms with van der Waals surface area (Å²) in [6, 6.07) is 8.76. The molecular weight excluding hydrogens is 392 g/mol. The number of amides is 3. The SMILES string of the molecule is C[C@H](NC(=O)Cc1cc(F)cc(F)c1)C(=O)NC1CCc2ccccc2N(C)C1=O. The highest BCUT2D eigenvalue weighted by Crippen LogP contribution is 2.25. The second-order valence-electron chi connectivity index (χ2n) is 7.37. The minimum atomic E-state index is -0.917. The summed E-state index contributed by atoms with van der Waals surface area (Å²) in [4.78, 5) is 38.9. The number of halogens is 2. The van der Waals surface area contributed by atoms with E-state index in [4.69, 9.17) is 0 Å². The van der Waals surface area contributed by atoms with E-state index in [-0.39, 0.29) is 17.9 Å². The lowest BCUT2D eigenvalue weighted by Crippen LogP contribution is -2.52. The first-order chi connectivity index (χ1) is 14.2. The van der Waals surface area contributed by atoms with Crippen LogP contribution in [0.4, 0.5) is 14.5 Å². The van der Waals surface area contributed by atoms with Crippen molar-refractivity contribution in [2.45, 2.75) is 38.3 Å². The molecule has 0 saturated heterocycles. The molecule has 8 heteroatoms. The van der Waals surface area contributed by atoms with Gasteiger partial charge in [-0.1, -0.05) is 18.2 Å². The van der Waals surface area contributed by atoms with Gasteiger partial charge in [0.25, 0.3) is 0 Å². The lowest BCUT2D eigenvalue weighted by molar-refractivity contribution is -0.130. The van der Waals surface area contributed by atoms with Gasteiger partial charge in [-0.2, -0.15) is 0 Å². The fourth-order valence-corrected chi connectivity index (χ4v) is 3.51. The minimum absolute atomic E-state index is 0.163. The van der Waals surface area contributed by atoms with Crippen LogP contribution < -0.4 is 15.5 Å². The smallest absolute Gasteiger partial charge is 0.249 e. The van der Waals surface area contributed by atoms with E-state index in [1.54, 1.807) is 7.05 Å². The van der Waals surface area contributed by atoms with Gasteiger partial charge in [-0.25, -0.2) is 8.78 Å². The van der Waals surface area contributed by atoms with Crippen LogP contribution in [-0.2, 0) is 27.2 Å². The van der Waals surface area contributed by atoms with Gasteiger partial charge in [-0.15, -0.1) is 0 Å². The van der Waals surface area contributed by atoms with Crippen LogP contribution in [-0.4, -0.2) is 36.9 Å². The second kappa shape index (κ2) is 9.02. The topological polar surface area (TPSA) is 78.5 Å². The lowest BCUT2D eigenvalue weighted by Gasteiger charge is -2.23. The van der Waals surface area contributed by atoms with Crippen LogP contribution in [0.5, 0.6) is 0 Å². The minimum Gasteiger partial charge on any atom is -0.344 e. The average molecular weight is 415 g/mol. The van der Waals surface area contributed by atoms with E-state index in [2.05, 4.69) is 10.6 Å². The zero-order chi connectivity index (χ0) is 21.8. The molecule has 2 atom stereocenters. The van der Waals surface area contributed by atoms with Crippen molar-refractivity contribution in [1.29, 1.82) is 0 Å². The standard InChI is InChI=1S/C22H23F2N3O3/c1-13(25-20(28)11-14-9-16(23)12-17(24)10-14)21(29)26-18-8-7-15-5-3-4-6-19(15)27(2)22(18)30/h3-6,9-10,12-13,18H,7-8,11H2,1-2H3,(H,25,28)(H,26,29)/t13-,18?/m0/s1. The molecule has 30 heavy (non-hydrogen) atoms. The average Bonchev–Trinajstić information content (AvgIpc) is 2.79. The number of hydrogen-bond donors (Lipinski definition) is 2. The number of rotatable bonds is 5. The molecule has 0 fully saturated rings. The summed E-state index contributed by atoms with van der Waals surface area (Å²) in [5, 5.41) is 5.19. The van der Waals surface area contributed by atoms with E-state index in [1.807, 2.05) is 24.3 Å². The quantitative estimate of drug-likeness (QED) is 0.785. The second-order valence-corrected chi connectivity index (χ2v) is 7.37. The maximum atomic E-state index is 13.3. The van der Waals surface area contributed by atoms with E-state index < -0.39 is 35.5 Å². The molecule has 0 aromatic heterocycles. The van der Waals surface area contributed by atoms with Crippen LogP contribution in [0.25, 0.3) is 0 Å². The van der Waals surface area contributed by atoms with Crippen molar-refractivity contribution in [3.05, 3.63) is 65.2 Å². The molecule has 158 valence electrons. The molecule has 2 aromatic rings.